The molecule has 0 bridgehead atoms. The Morgan fingerprint density at radius 2 is 1.92 bits per heavy atom. The average molecular weight is 338 g/mol. The third-order valence-electron chi connectivity index (χ3n) is 4.89. The number of carbonyl (C=O) groups excluding carboxylic acids is 1. The normalized spacial score (nSPS) is 22.8. The van der Waals surface area contributed by atoms with Crippen molar-refractivity contribution in [3.63, 3.8) is 0 Å². The second-order valence-electron chi connectivity index (χ2n) is 6.92. The molecular weight excluding hydrogens is 311 g/mol. The van der Waals surface area contributed by atoms with Gasteiger partial charge in [0.2, 0.25) is 0 Å². The van der Waals surface area contributed by atoms with Gasteiger partial charge < -0.3 is 15.5 Å². The number of carbonyl (C=O) groups is 1. The van der Waals surface area contributed by atoms with Crippen molar-refractivity contribution in [2.75, 3.05) is 26.7 Å². The van der Waals surface area contributed by atoms with Crippen molar-refractivity contribution >= 4 is 5.91 Å². The predicted octanol–water partition coefficient (Wildman–Crippen LogP) is 1.27. The number of nitrogens with zero attached hydrogens (tertiary/aromatic N) is 1. The summed E-state index contributed by atoms with van der Waals surface area (Å²) in [5.41, 5.74) is 1.67. The van der Waals surface area contributed by atoms with Crippen molar-refractivity contribution < 1.29 is 19.4 Å². The molecule has 1 fully saturated rings. The summed E-state index contributed by atoms with van der Waals surface area (Å²) in [5.74, 6) is -0.473. The first-order chi connectivity index (χ1) is 11.3. The van der Waals surface area contributed by atoms with Crippen LogP contribution in [-0.2, 0) is 0 Å². The van der Waals surface area contributed by atoms with Crippen LogP contribution in [0.4, 0.5) is 4.39 Å². The molecule has 5 nitrogen and oxygen atoms in total. The van der Waals surface area contributed by atoms with Gasteiger partial charge in [-0.25, -0.2) is 4.39 Å². The number of β-amino-alcohol motifs (C(OH)–C–C–N with tert-alkyl or cyclic N) is 2. The van der Waals surface area contributed by atoms with Gasteiger partial charge in [0.05, 0.1) is 12.2 Å². The van der Waals surface area contributed by atoms with E-state index in [-0.39, 0.29) is 23.6 Å². The first-order valence-corrected chi connectivity index (χ1v) is 8.35. The SMILES string of the molecule is CNC(=O)c1ccc(F)c(C)c1[C@@H](CN1C[C@H](O)[C@@H](O)C1)C(C)C. The predicted molar refractivity (Wildman–Crippen MR) is 90.6 cm³/mol. The van der Waals surface area contributed by atoms with E-state index in [0.717, 1.165) is 0 Å². The number of aliphatic hydroxyl groups excluding tert-OH is 2. The highest BCUT2D eigenvalue weighted by atomic mass is 19.1. The molecule has 134 valence electrons. The lowest BCUT2D eigenvalue weighted by Gasteiger charge is -2.29. The first-order valence-electron chi connectivity index (χ1n) is 8.35. The van der Waals surface area contributed by atoms with Crippen LogP contribution < -0.4 is 5.32 Å². The van der Waals surface area contributed by atoms with E-state index in [1.807, 2.05) is 18.7 Å². The lowest BCUT2D eigenvalue weighted by atomic mass is 9.82. The molecule has 1 aromatic rings. The molecular formula is C18H27FN2O3. The van der Waals surface area contributed by atoms with Crippen LogP contribution in [0.25, 0.3) is 0 Å². The highest BCUT2D eigenvalue weighted by molar-refractivity contribution is 5.96. The average Bonchev–Trinajstić information content (AvgIpc) is 2.85. The summed E-state index contributed by atoms with van der Waals surface area (Å²) in [5, 5.41) is 22.1. The van der Waals surface area contributed by atoms with Gasteiger partial charge in [-0.1, -0.05) is 13.8 Å². The fourth-order valence-electron chi connectivity index (χ4n) is 3.42. The monoisotopic (exact) mass is 338 g/mol. The van der Waals surface area contributed by atoms with Crippen molar-refractivity contribution in [1.29, 1.82) is 0 Å². The minimum absolute atomic E-state index is 0.0782. The smallest absolute Gasteiger partial charge is 0.251 e. The van der Waals surface area contributed by atoms with Crippen LogP contribution in [-0.4, -0.2) is 59.9 Å². The molecule has 0 spiro atoms. The Morgan fingerprint density at radius 1 is 1.33 bits per heavy atom. The van der Waals surface area contributed by atoms with Gasteiger partial charge >= 0.3 is 0 Å². The summed E-state index contributed by atoms with van der Waals surface area (Å²) in [7, 11) is 1.56. The number of hydrogen-bond acceptors (Lipinski definition) is 4. The number of aliphatic hydroxyl groups is 2. The molecule has 1 aliphatic heterocycles. The van der Waals surface area contributed by atoms with Crippen molar-refractivity contribution in [2.24, 2.45) is 5.92 Å². The Balaban J connectivity index is 2.40. The Labute approximate surface area is 142 Å². The van der Waals surface area contributed by atoms with Gasteiger partial charge in [-0.3, -0.25) is 9.69 Å². The van der Waals surface area contributed by atoms with E-state index in [2.05, 4.69) is 5.32 Å². The van der Waals surface area contributed by atoms with E-state index in [4.69, 9.17) is 0 Å². The molecule has 1 saturated heterocycles. The first kappa shape index (κ1) is 18.8. The van der Waals surface area contributed by atoms with Crippen molar-refractivity contribution in [2.45, 2.75) is 38.9 Å². The van der Waals surface area contributed by atoms with Crippen LogP contribution in [0.1, 0.15) is 41.3 Å². The maximum atomic E-state index is 14.2. The quantitative estimate of drug-likeness (QED) is 0.756. The van der Waals surface area contributed by atoms with Crippen LogP contribution in [0.2, 0.25) is 0 Å². The Morgan fingerprint density at radius 3 is 2.42 bits per heavy atom. The molecule has 1 aromatic carbocycles. The maximum absolute atomic E-state index is 14.2. The largest absolute Gasteiger partial charge is 0.389 e. The summed E-state index contributed by atoms with van der Waals surface area (Å²) in [6, 6.07) is 2.85. The van der Waals surface area contributed by atoms with Gasteiger partial charge in [0.1, 0.15) is 5.82 Å². The molecule has 0 aromatic heterocycles. The van der Waals surface area contributed by atoms with Crippen LogP contribution >= 0.6 is 0 Å². The van der Waals surface area contributed by atoms with E-state index in [1.54, 1.807) is 14.0 Å². The summed E-state index contributed by atoms with van der Waals surface area (Å²) in [6.45, 7) is 7.08. The minimum atomic E-state index is -0.759. The summed E-state index contributed by atoms with van der Waals surface area (Å²) >= 11 is 0. The lowest BCUT2D eigenvalue weighted by Crippen LogP contribution is -2.32. The topological polar surface area (TPSA) is 72.8 Å². The number of hydrogen-bond donors (Lipinski definition) is 3. The van der Waals surface area contributed by atoms with Gasteiger partial charge in [0, 0.05) is 38.2 Å². The molecule has 3 atom stereocenters. The van der Waals surface area contributed by atoms with Gasteiger partial charge in [0.25, 0.3) is 5.91 Å². The molecule has 24 heavy (non-hydrogen) atoms. The van der Waals surface area contributed by atoms with Crippen LogP contribution in [0, 0.1) is 18.7 Å². The van der Waals surface area contributed by atoms with E-state index in [1.165, 1.54) is 12.1 Å². The highest BCUT2D eigenvalue weighted by Gasteiger charge is 2.33. The number of rotatable bonds is 5. The molecule has 6 heteroatoms. The third-order valence-corrected chi connectivity index (χ3v) is 4.89. The summed E-state index contributed by atoms with van der Waals surface area (Å²) in [6.07, 6.45) is -1.52. The van der Waals surface area contributed by atoms with Crippen LogP contribution in [0.15, 0.2) is 12.1 Å². The second kappa shape index (κ2) is 7.59. The van der Waals surface area contributed by atoms with E-state index < -0.39 is 12.2 Å². The third kappa shape index (κ3) is 3.77. The summed E-state index contributed by atoms with van der Waals surface area (Å²) in [4.78, 5) is 14.2. The van der Waals surface area contributed by atoms with E-state index in [9.17, 15) is 19.4 Å². The number of likely N-dealkylation sites (tertiary alicyclic amines) is 1. The lowest BCUT2D eigenvalue weighted by molar-refractivity contribution is 0.0572. The number of nitrogens with one attached hydrogen (secondary N) is 1. The second-order valence-corrected chi connectivity index (χ2v) is 6.92. The molecule has 1 amide bonds. The Bertz CT molecular complexity index is 596. The highest BCUT2D eigenvalue weighted by Crippen LogP contribution is 2.33. The Kier molecular flexibility index (Phi) is 5.96. The van der Waals surface area contributed by atoms with Crippen molar-refractivity contribution in [3.8, 4) is 0 Å². The maximum Gasteiger partial charge on any atom is 0.251 e. The van der Waals surface area contributed by atoms with E-state index >= 15 is 0 Å². The number of benzene rings is 1. The number of amides is 1. The molecule has 1 heterocycles. The zero-order chi connectivity index (χ0) is 18.0. The fourth-order valence-corrected chi connectivity index (χ4v) is 3.42. The molecule has 0 saturated carbocycles. The molecule has 0 unspecified atom stereocenters. The molecule has 1 aliphatic rings. The van der Waals surface area contributed by atoms with E-state index in [0.29, 0.717) is 36.3 Å². The van der Waals surface area contributed by atoms with Crippen molar-refractivity contribution in [1.82, 2.24) is 10.2 Å². The molecule has 2 rings (SSSR count). The zero-order valence-electron chi connectivity index (χ0n) is 14.7. The van der Waals surface area contributed by atoms with Crippen LogP contribution in [0.5, 0.6) is 0 Å². The molecule has 3 N–H and O–H groups in total. The summed E-state index contributed by atoms with van der Waals surface area (Å²) < 4.78 is 14.2. The standard InChI is InChI=1S/C18H27FN2O3/c1-10(2)13(7-21-8-15(22)16(23)9-21)17-11(3)14(19)6-5-12(17)18(24)20-4/h5-6,10,13,15-16,22-23H,7-9H2,1-4H3,(H,20,24)/t13-,15-,16-/m0/s1. The minimum Gasteiger partial charge on any atom is -0.389 e. The number of halogens is 1. The fraction of sp³-hybridized carbons (Fsp3) is 0.611. The van der Waals surface area contributed by atoms with Gasteiger partial charge in [-0.2, -0.15) is 0 Å². The zero-order valence-corrected chi connectivity index (χ0v) is 14.7. The van der Waals surface area contributed by atoms with Crippen LogP contribution in [0.3, 0.4) is 0 Å². The molecule has 0 aliphatic carbocycles. The molecule has 0 radical (unpaired) electrons. The van der Waals surface area contributed by atoms with Gasteiger partial charge in [-0.15, -0.1) is 0 Å². The van der Waals surface area contributed by atoms with Gasteiger partial charge in [0.15, 0.2) is 0 Å². The van der Waals surface area contributed by atoms with Gasteiger partial charge in [-0.05, 0) is 36.1 Å². The van der Waals surface area contributed by atoms with Crippen molar-refractivity contribution in [3.05, 3.63) is 34.6 Å². The Hall–Kier alpha value is -1.50.